The fourth-order valence-electron chi connectivity index (χ4n) is 2.17. The van der Waals surface area contributed by atoms with E-state index in [9.17, 15) is 4.79 Å². The molecule has 17 heavy (non-hydrogen) atoms. The Balaban J connectivity index is 2.29. The standard InChI is InChI=1S/C12H15BrN2O2/c1-8-5-15(6-9(2)17-8)11-4-14-12(13)3-10(11)7-16/h3-4,7-9H,5-6H2,1-2H3/t8-,9+. The molecule has 0 unspecified atom stereocenters. The minimum Gasteiger partial charge on any atom is -0.372 e. The summed E-state index contributed by atoms with van der Waals surface area (Å²) in [6, 6.07) is 1.74. The first-order chi connectivity index (χ1) is 8.10. The van der Waals surface area contributed by atoms with Gasteiger partial charge >= 0.3 is 0 Å². The van der Waals surface area contributed by atoms with E-state index in [0.717, 1.165) is 25.1 Å². The molecule has 4 nitrogen and oxygen atoms in total. The van der Waals surface area contributed by atoms with Crippen molar-refractivity contribution in [2.24, 2.45) is 0 Å². The minimum absolute atomic E-state index is 0.168. The predicted octanol–water partition coefficient (Wildman–Crippen LogP) is 2.27. The summed E-state index contributed by atoms with van der Waals surface area (Å²) in [5.74, 6) is 0. The summed E-state index contributed by atoms with van der Waals surface area (Å²) in [4.78, 5) is 17.4. The fraction of sp³-hybridized carbons (Fsp3) is 0.500. The van der Waals surface area contributed by atoms with Crippen molar-refractivity contribution in [3.8, 4) is 0 Å². The largest absolute Gasteiger partial charge is 0.372 e. The molecule has 0 N–H and O–H groups in total. The zero-order valence-electron chi connectivity index (χ0n) is 9.89. The highest BCUT2D eigenvalue weighted by molar-refractivity contribution is 9.10. The third-order valence-corrected chi connectivity index (χ3v) is 3.20. The van der Waals surface area contributed by atoms with Crippen LogP contribution in [0.15, 0.2) is 16.9 Å². The van der Waals surface area contributed by atoms with Crippen LogP contribution in [0.25, 0.3) is 0 Å². The number of aldehydes is 1. The summed E-state index contributed by atoms with van der Waals surface area (Å²) < 4.78 is 6.35. The first-order valence-corrected chi connectivity index (χ1v) is 6.40. The zero-order chi connectivity index (χ0) is 12.4. The molecule has 1 aromatic heterocycles. The Bertz CT molecular complexity index is 415. The van der Waals surface area contributed by atoms with Crippen LogP contribution in [-0.2, 0) is 4.74 Å². The molecule has 0 aliphatic carbocycles. The first kappa shape index (κ1) is 12.5. The maximum Gasteiger partial charge on any atom is 0.152 e. The molecular formula is C12H15BrN2O2. The molecule has 0 spiro atoms. The van der Waals surface area contributed by atoms with E-state index in [1.165, 1.54) is 0 Å². The summed E-state index contributed by atoms with van der Waals surface area (Å²) in [7, 11) is 0. The van der Waals surface area contributed by atoms with E-state index in [2.05, 4.69) is 25.8 Å². The molecule has 2 atom stereocenters. The van der Waals surface area contributed by atoms with Crippen molar-refractivity contribution in [1.29, 1.82) is 0 Å². The minimum atomic E-state index is 0.168. The molecule has 1 aromatic rings. The number of pyridine rings is 1. The molecule has 1 saturated heterocycles. The van der Waals surface area contributed by atoms with E-state index < -0.39 is 0 Å². The number of hydrogen-bond donors (Lipinski definition) is 0. The normalized spacial score (nSPS) is 24.8. The lowest BCUT2D eigenvalue weighted by Gasteiger charge is -2.37. The molecule has 92 valence electrons. The van der Waals surface area contributed by atoms with Gasteiger partial charge in [-0.05, 0) is 35.8 Å². The van der Waals surface area contributed by atoms with Gasteiger partial charge in [-0.15, -0.1) is 0 Å². The van der Waals surface area contributed by atoms with Crippen molar-refractivity contribution in [3.05, 3.63) is 22.4 Å². The van der Waals surface area contributed by atoms with Crippen molar-refractivity contribution < 1.29 is 9.53 Å². The fourth-order valence-corrected chi connectivity index (χ4v) is 2.52. The second-order valence-corrected chi connectivity index (χ2v) is 5.16. The predicted molar refractivity (Wildman–Crippen MR) is 69.5 cm³/mol. The number of carbonyl (C=O) groups is 1. The molecule has 5 heteroatoms. The Kier molecular flexibility index (Phi) is 3.79. The quantitative estimate of drug-likeness (QED) is 0.620. The topological polar surface area (TPSA) is 42.4 Å². The molecule has 1 aliphatic heterocycles. The average Bonchev–Trinajstić information content (AvgIpc) is 2.27. The van der Waals surface area contributed by atoms with Crippen LogP contribution in [0.4, 0.5) is 5.69 Å². The summed E-state index contributed by atoms with van der Waals surface area (Å²) >= 11 is 3.27. The number of halogens is 1. The Morgan fingerprint density at radius 3 is 2.71 bits per heavy atom. The van der Waals surface area contributed by atoms with E-state index in [1.54, 1.807) is 12.3 Å². The molecule has 0 radical (unpaired) electrons. The van der Waals surface area contributed by atoms with Gasteiger partial charge in [0.25, 0.3) is 0 Å². The van der Waals surface area contributed by atoms with Gasteiger partial charge in [0, 0.05) is 18.7 Å². The second kappa shape index (κ2) is 5.14. The molecule has 1 aliphatic rings. The Labute approximate surface area is 109 Å². The van der Waals surface area contributed by atoms with Crippen molar-refractivity contribution in [1.82, 2.24) is 4.98 Å². The summed E-state index contributed by atoms with van der Waals surface area (Å²) in [6.45, 7) is 5.65. The highest BCUT2D eigenvalue weighted by Crippen LogP contribution is 2.24. The van der Waals surface area contributed by atoms with Gasteiger partial charge in [-0.2, -0.15) is 0 Å². The van der Waals surface area contributed by atoms with Gasteiger partial charge in [0.05, 0.1) is 24.1 Å². The third kappa shape index (κ3) is 2.84. The number of aromatic nitrogens is 1. The van der Waals surface area contributed by atoms with Gasteiger partial charge in [-0.25, -0.2) is 4.98 Å². The summed E-state index contributed by atoms with van der Waals surface area (Å²) in [6.07, 6.45) is 2.94. The van der Waals surface area contributed by atoms with Crippen LogP contribution < -0.4 is 4.90 Å². The lowest BCUT2D eigenvalue weighted by Crippen LogP contribution is -2.45. The number of hydrogen-bond acceptors (Lipinski definition) is 4. The molecule has 2 rings (SSSR count). The summed E-state index contributed by atoms with van der Waals surface area (Å²) in [5.41, 5.74) is 1.54. The van der Waals surface area contributed by atoms with Gasteiger partial charge in [0.15, 0.2) is 6.29 Å². The molecule has 1 fully saturated rings. The zero-order valence-corrected chi connectivity index (χ0v) is 11.5. The van der Waals surface area contributed by atoms with Gasteiger partial charge in [0.1, 0.15) is 4.60 Å². The highest BCUT2D eigenvalue weighted by atomic mass is 79.9. The van der Waals surface area contributed by atoms with Crippen LogP contribution in [0, 0.1) is 0 Å². The number of rotatable bonds is 2. The van der Waals surface area contributed by atoms with Gasteiger partial charge < -0.3 is 9.64 Å². The summed E-state index contributed by atoms with van der Waals surface area (Å²) in [5, 5.41) is 0. The number of nitrogens with zero attached hydrogens (tertiary/aromatic N) is 2. The van der Waals surface area contributed by atoms with Crippen LogP contribution in [0.2, 0.25) is 0 Å². The van der Waals surface area contributed by atoms with Crippen LogP contribution in [-0.4, -0.2) is 36.6 Å². The second-order valence-electron chi connectivity index (χ2n) is 4.35. The van der Waals surface area contributed by atoms with Gasteiger partial charge in [0.2, 0.25) is 0 Å². The smallest absolute Gasteiger partial charge is 0.152 e. The number of ether oxygens (including phenoxy) is 1. The Hall–Kier alpha value is -0.940. The van der Waals surface area contributed by atoms with Gasteiger partial charge in [-0.1, -0.05) is 0 Å². The molecule has 2 heterocycles. The SMILES string of the molecule is C[C@@H]1CN(c2cnc(Br)cc2C=O)C[C@H](C)O1. The number of carbonyl (C=O) groups excluding carboxylic acids is 1. The Morgan fingerprint density at radius 1 is 1.47 bits per heavy atom. The molecular weight excluding hydrogens is 284 g/mol. The van der Waals surface area contributed by atoms with Gasteiger partial charge in [-0.3, -0.25) is 4.79 Å². The first-order valence-electron chi connectivity index (χ1n) is 5.61. The van der Waals surface area contributed by atoms with E-state index in [0.29, 0.717) is 10.2 Å². The van der Waals surface area contributed by atoms with Crippen LogP contribution in [0.3, 0.4) is 0 Å². The average molecular weight is 299 g/mol. The lowest BCUT2D eigenvalue weighted by atomic mass is 10.1. The molecule has 0 bridgehead atoms. The number of morpholine rings is 1. The van der Waals surface area contributed by atoms with E-state index in [1.807, 2.05) is 13.8 Å². The molecule has 0 aromatic carbocycles. The number of anilines is 1. The molecule has 0 saturated carbocycles. The van der Waals surface area contributed by atoms with Crippen LogP contribution in [0.5, 0.6) is 0 Å². The maximum atomic E-state index is 11.1. The Morgan fingerprint density at radius 2 is 2.12 bits per heavy atom. The van der Waals surface area contributed by atoms with Crippen molar-refractivity contribution in [3.63, 3.8) is 0 Å². The van der Waals surface area contributed by atoms with E-state index >= 15 is 0 Å². The third-order valence-electron chi connectivity index (χ3n) is 2.77. The molecule has 0 amide bonds. The van der Waals surface area contributed by atoms with Crippen LogP contribution >= 0.6 is 15.9 Å². The van der Waals surface area contributed by atoms with Crippen molar-refractivity contribution in [2.75, 3.05) is 18.0 Å². The lowest BCUT2D eigenvalue weighted by molar-refractivity contribution is -0.00527. The highest BCUT2D eigenvalue weighted by Gasteiger charge is 2.24. The van der Waals surface area contributed by atoms with Crippen LogP contribution in [0.1, 0.15) is 24.2 Å². The van der Waals surface area contributed by atoms with E-state index in [-0.39, 0.29) is 12.2 Å². The van der Waals surface area contributed by atoms with Crippen molar-refractivity contribution in [2.45, 2.75) is 26.1 Å². The van der Waals surface area contributed by atoms with Crippen molar-refractivity contribution >= 4 is 27.9 Å². The maximum absolute atomic E-state index is 11.1. The monoisotopic (exact) mass is 298 g/mol. The van der Waals surface area contributed by atoms with E-state index in [4.69, 9.17) is 4.74 Å².